The van der Waals surface area contributed by atoms with E-state index < -0.39 is 10.0 Å². The normalized spacial score (nSPS) is 11.0. The molecule has 29 heavy (non-hydrogen) atoms. The first-order valence-electron chi connectivity index (χ1n) is 8.70. The summed E-state index contributed by atoms with van der Waals surface area (Å²) in [6, 6.07) is 20.2. The van der Waals surface area contributed by atoms with Crippen molar-refractivity contribution in [3.8, 4) is 5.75 Å². The predicted molar refractivity (Wildman–Crippen MR) is 117 cm³/mol. The maximum Gasteiger partial charge on any atom is 0.262 e. The van der Waals surface area contributed by atoms with E-state index in [0.29, 0.717) is 17.1 Å². The summed E-state index contributed by atoms with van der Waals surface area (Å²) in [5.41, 5.74) is 1.83. The molecular weight excluding hydrogens is 456 g/mol. The van der Waals surface area contributed by atoms with Crippen LogP contribution in [0.5, 0.6) is 5.75 Å². The van der Waals surface area contributed by atoms with Crippen LogP contribution in [0.25, 0.3) is 0 Å². The summed E-state index contributed by atoms with van der Waals surface area (Å²) in [7, 11) is -3.79. The standard InChI is InChI=1S/C21H19BrN2O4S/c1-15-4-2-6-19(12-15)28-14-21(25)23-18-5-3-7-20(13-18)29(26,27)24-17-10-8-16(22)9-11-17/h2-13,24H,14H2,1H3,(H,23,25). The number of carbonyl (C=O) groups excluding carboxylic acids is 1. The first kappa shape index (κ1) is 20.9. The first-order chi connectivity index (χ1) is 13.8. The van der Waals surface area contributed by atoms with Gasteiger partial charge >= 0.3 is 0 Å². The second-order valence-electron chi connectivity index (χ2n) is 6.29. The number of hydrogen-bond acceptors (Lipinski definition) is 4. The van der Waals surface area contributed by atoms with E-state index in [1.165, 1.54) is 12.1 Å². The molecule has 0 unspecified atom stereocenters. The molecule has 0 saturated heterocycles. The highest BCUT2D eigenvalue weighted by Crippen LogP contribution is 2.21. The molecule has 0 radical (unpaired) electrons. The van der Waals surface area contributed by atoms with Gasteiger partial charge in [-0.05, 0) is 67.1 Å². The van der Waals surface area contributed by atoms with Gasteiger partial charge in [0.25, 0.3) is 15.9 Å². The highest BCUT2D eigenvalue weighted by Gasteiger charge is 2.15. The Bertz CT molecular complexity index is 1120. The van der Waals surface area contributed by atoms with Crippen molar-refractivity contribution in [3.05, 3.63) is 82.8 Å². The number of aryl methyl sites for hydroxylation is 1. The van der Waals surface area contributed by atoms with Crippen molar-refractivity contribution in [1.82, 2.24) is 0 Å². The fraction of sp³-hybridized carbons (Fsp3) is 0.0952. The van der Waals surface area contributed by atoms with Gasteiger partial charge in [-0.15, -0.1) is 0 Å². The first-order valence-corrected chi connectivity index (χ1v) is 11.0. The van der Waals surface area contributed by atoms with Crippen LogP contribution in [0, 0.1) is 6.92 Å². The summed E-state index contributed by atoms with van der Waals surface area (Å²) >= 11 is 3.31. The minimum absolute atomic E-state index is 0.0396. The number of carbonyl (C=O) groups is 1. The van der Waals surface area contributed by atoms with Crippen LogP contribution in [0.3, 0.4) is 0 Å². The third-order valence-electron chi connectivity index (χ3n) is 3.88. The molecule has 3 aromatic carbocycles. The smallest absolute Gasteiger partial charge is 0.262 e. The fourth-order valence-corrected chi connectivity index (χ4v) is 3.89. The highest BCUT2D eigenvalue weighted by molar-refractivity contribution is 9.10. The van der Waals surface area contributed by atoms with Crippen LogP contribution < -0.4 is 14.8 Å². The Morgan fingerprint density at radius 1 is 0.966 bits per heavy atom. The molecule has 1 amide bonds. The monoisotopic (exact) mass is 474 g/mol. The summed E-state index contributed by atoms with van der Waals surface area (Å²) in [6.07, 6.45) is 0. The minimum atomic E-state index is -3.79. The van der Waals surface area contributed by atoms with Crippen LogP contribution in [0.2, 0.25) is 0 Å². The van der Waals surface area contributed by atoms with Gasteiger partial charge in [0, 0.05) is 15.8 Å². The number of anilines is 2. The van der Waals surface area contributed by atoms with Crippen LogP contribution in [0.1, 0.15) is 5.56 Å². The van der Waals surface area contributed by atoms with Gasteiger partial charge in [0.15, 0.2) is 6.61 Å². The zero-order valence-corrected chi connectivity index (χ0v) is 18.0. The number of sulfonamides is 1. The topological polar surface area (TPSA) is 84.5 Å². The van der Waals surface area contributed by atoms with Crippen molar-refractivity contribution >= 4 is 43.2 Å². The molecule has 3 rings (SSSR count). The van der Waals surface area contributed by atoms with E-state index in [4.69, 9.17) is 4.74 Å². The van der Waals surface area contributed by atoms with Crippen molar-refractivity contribution in [1.29, 1.82) is 0 Å². The maximum absolute atomic E-state index is 12.6. The molecule has 0 heterocycles. The zero-order chi connectivity index (χ0) is 20.9. The average molecular weight is 475 g/mol. The Hall–Kier alpha value is -2.84. The van der Waals surface area contributed by atoms with Crippen molar-refractivity contribution < 1.29 is 17.9 Å². The van der Waals surface area contributed by atoms with Crippen LogP contribution in [-0.4, -0.2) is 20.9 Å². The van der Waals surface area contributed by atoms with Crippen LogP contribution in [-0.2, 0) is 14.8 Å². The van der Waals surface area contributed by atoms with Crippen molar-refractivity contribution in [2.24, 2.45) is 0 Å². The lowest BCUT2D eigenvalue weighted by Gasteiger charge is -2.11. The van der Waals surface area contributed by atoms with Gasteiger partial charge < -0.3 is 10.1 Å². The lowest BCUT2D eigenvalue weighted by Crippen LogP contribution is -2.20. The second-order valence-corrected chi connectivity index (χ2v) is 8.89. The summed E-state index contributed by atoms with van der Waals surface area (Å²) in [5.74, 6) is 0.206. The number of hydrogen-bond donors (Lipinski definition) is 2. The van der Waals surface area contributed by atoms with Gasteiger partial charge in [-0.25, -0.2) is 8.42 Å². The van der Waals surface area contributed by atoms with Crippen molar-refractivity contribution in [2.45, 2.75) is 11.8 Å². The number of ether oxygens (including phenoxy) is 1. The molecule has 0 aliphatic heterocycles. The van der Waals surface area contributed by atoms with Gasteiger partial charge in [0.2, 0.25) is 0 Å². The Morgan fingerprint density at radius 2 is 1.69 bits per heavy atom. The van der Waals surface area contributed by atoms with Crippen LogP contribution in [0.4, 0.5) is 11.4 Å². The van der Waals surface area contributed by atoms with E-state index >= 15 is 0 Å². The van der Waals surface area contributed by atoms with Crippen molar-refractivity contribution in [2.75, 3.05) is 16.6 Å². The molecule has 0 aromatic heterocycles. The van der Waals surface area contributed by atoms with Gasteiger partial charge in [0.05, 0.1) is 4.90 Å². The minimum Gasteiger partial charge on any atom is -0.484 e. The molecule has 0 atom stereocenters. The highest BCUT2D eigenvalue weighted by atomic mass is 79.9. The van der Waals surface area contributed by atoms with E-state index in [9.17, 15) is 13.2 Å². The summed E-state index contributed by atoms with van der Waals surface area (Å²) < 4.78 is 34.0. The van der Waals surface area contributed by atoms with Crippen LogP contribution >= 0.6 is 15.9 Å². The van der Waals surface area contributed by atoms with E-state index in [0.717, 1.165) is 10.0 Å². The number of halogens is 1. The average Bonchev–Trinajstić information content (AvgIpc) is 2.68. The Morgan fingerprint density at radius 3 is 2.41 bits per heavy atom. The molecule has 0 spiro atoms. The molecule has 6 nitrogen and oxygen atoms in total. The largest absolute Gasteiger partial charge is 0.484 e. The Labute approximate surface area is 178 Å². The zero-order valence-electron chi connectivity index (χ0n) is 15.6. The molecule has 0 aliphatic rings. The van der Waals surface area contributed by atoms with Gasteiger partial charge in [-0.1, -0.05) is 34.1 Å². The molecule has 8 heteroatoms. The maximum atomic E-state index is 12.6. The van der Waals surface area contributed by atoms with E-state index in [2.05, 4.69) is 26.0 Å². The predicted octanol–water partition coefficient (Wildman–Crippen LogP) is 4.58. The SMILES string of the molecule is Cc1cccc(OCC(=O)Nc2cccc(S(=O)(=O)Nc3ccc(Br)cc3)c2)c1. The quantitative estimate of drug-likeness (QED) is 0.524. The van der Waals surface area contributed by atoms with E-state index in [-0.39, 0.29) is 17.4 Å². The number of nitrogens with one attached hydrogen (secondary N) is 2. The number of rotatable bonds is 7. The number of amides is 1. The molecule has 3 aromatic rings. The fourth-order valence-electron chi connectivity index (χ4n) is 2.52. The summed E-state index contributed by atoms with van der Waals surface area (Å²) in [4.78, 5) is 12.2. The van der Waals surface area contributed by atoms with Crippen molar-refractivity contribution in [3.63, 3.8) is 0 Å². The van der Waals surface area contributed by atoms with E-state index in [1.807, 2.05) is 25.1 Å². The Balaban J connectivity index is 1.65. The molecule has 150 valence electrons. The molecule has 0 bridgehead atoms. The van der Waals surface area contributed by atoms with Crippen LogP contribution in [0.15, 0.2) is 82.2 Å². The molecular formula is C21H19BrN2O4S. The number of benzene rings is 3. The molecule has 2 N–H and O–H groups in total. The van der Waals surface area contributed by atoms with E-state index in [1.54, 1.807) is 42.5 Å². The summed E-state index contributed by atoms with van der Waals surface area (Å²) in [6.45, 7) is 1.75. The molecule has 0 saturated carbocycles. The third kappa shape index (κ3) is 6.07. The molecule has 0 fully saturated rings. The lowest BCUT2D eigenvalue weighted by molar-refractivity contribution is -0.118. The van der Waals surface area contributed by atoms with Gasteiger partial charge in [-0.3, -0.25) is 9.52 Å². The van der Waals surface area contributed by atoms with Gasteiger partial charge in [-0.2, -0.15) is 0 Å². The summed E-state index contributed by atoms with van der Waals surface area (Å²) in [5, 5.41) is 2.65. The molecule has 0 aliphatic carbocycles. The second kappa shape index (κ2) is 9.11. The third-order valence-corrected chi connectivity index (χ3v) is 5.79. The lowest BCUT2D eigenvalue weighted by atomic mass is 10.2. The van der Waals surface area contributed by atoms with Gasteiger partial charge in [0.1, 0.15) is 5.75 Å². The Kier molecular flexibility index (Phi) is 6.56.